The first-order valence-electron chi connectivity index (χ1n) is 37.6. The number of carbonyl (C=O) groups is 12. The molecule has 0 aromatic rings. The number of carbonyl (C=O) groups excluding carboxylic acids is 12. The molecule has 1 spiro atoms. The van der Waals surface area contributed by atoms with Crippen LogP contribution in [-0.4, -0.2) is 257 Å². The number of piperidine rings is 1. The Morgan fingerprint density at radius 1 is 0.574 bits per heavy atom. The molecule has 6 unspecified atom stereocenters. The van der Waals surface area contributed by atoms with Crippen LogP contribution >= 0.6 is 11.6 Å². The maximum absolute atomic E-state index is 15.7. The number of likely N-dealkylation sites (N-methyl/N-ethyl adjacent to an activating group) is 8. The molecule has 27 heteroatoms. The van der Waals surface area contributed by atoms with Gasteiger partial charge in [-0.25, -0.2) is 0 Å². The third-order valence-electron chi connectivity index (χ3n) is 23.7. The van der Waals surface area contributed by atoms with Crippen LogP contribution in [0, 0.1) is 47.3 Å². The largest absolute Gasteiger partial charge is 0.393 e. The van der Waals surface area contributed by atoms with Gasteiger partial charge in [-0.15, -0.1) is 11.6 Å². The Bertz CT molecular complexity index is 2910. The minimum Gasteiger partial charge on any atom is -0.343 e. The Morgan fingerprint density at radius 3 is 1.76 bits per heavy atom. The van der Waals surface area contributed by atoms with E-state index >= 15 is 19.2 Å². The number of rotatable bonds is 11. The van der Waals surface area contributed by atoms with Crippen molar-refractivity contribution in [3.8, 4) is 0 Å². The summed E-state index contributed by atoms with van der Waals surface area (Å²) < 4.78 is 42.3. The molecule has 101 heavy (non-hydrogen) atoms. The summed E-state index contributed by atoms with van der Waals surface area (Å²) in [4.78, 5) is 190. The number of likely N-dealkylation sites (tertiary alicyclic amines) is 1. The van der Waals surface area contributed by atoms with Crippen molar-refractivity contribution in [3.05, 3.63) is 0 Å². The third kappa shape index (κ3) is 22.0. The molecule has 23 nitrogen and oxygen atoms in total. The molecule has 13 atom stereocenters. The Labute approximate surface area is 603 Å². The summed E-state index contributed by atoms with van der Waals surface area (Å²) in [6, 6.07) is -7.48. The van der Waals surface area contributed by atoms with Crippen LogP contribution in [0.2, 0.25) is 0 Å². The van der Waals surface area contributed by atoms with Crippen molar-refractivity contribution in [3.63, 3.8) is 0 Å². The van der Waals surface area contributed by atoms with Crippen molar-refractivity contribution in [2.24, 2.45) is 47.3 Å². The lowest BCUT2D eigenvalue weighted by molar-refractivity contribution is -0.182. The minimum absolute atomic E-state index is 0.00608. The number of halogens is 4. The Kier molecular flexibility index (Phi) is 31.2. The van der Waals surface area contributed by atoms with Crippen molar-refractivity contribution in [1.29, 1.82) is 0 Å². The van der Waals surface area contributed by atoms with Crippen molar-refractivity contribution < 1.29 is 70.7 Å². The van der Waals surface area contributed by atoms with Crippen LogP contribution in [0.1, 0.15) is 208 Å². The van der Waals surface area contributed by atoms with Crippen LogP contribution < -0.4 is 10.6 Å². The van der Waals surface area contributed by atoms with Gasteiger partial charge in [0.05, 0.1) is 38.0 Å². The second kappa shape index (κ2) is 37.6. The van der Waals surface area contributed by atoms with Gasteiger partial charge in [0.15, 0.2) is 5.78 Å². The van der Waals surface area contributed by atoms with E-state index in [0.29, 0.717) is 51.1 Å². The average Bonchev–Trinajstić information content (AvgIpc) is 0.990. The highest BCUT2D eigenvalue weighted by molar-refractivity contribution is 6.21. The molecular formula is C74H121ClF3N11O12. The number of amides is 11. The highest BCUT2D eigenvalue weighted by Crippen LogP contribution is 2.44. The van der Waals surface area contributed by atoms with E-state index in [-0.39, 0.29) is 87.9 Å². The molecular weight excluding hydrogens is 1330 g/mol. The van der Waals surface area contributed by atoms with Gasteiger partial charge in [0.1, 0.15) is 35.7 Å². The van der Waals surface area contributed by atoms with Gasteiger partial charge in [0.25, 0.3) is 0 Å². The maximum atomic E-state index is 15.7. The molecule has 0 aromatic heterocycles. The second-order valence-corrected chi connectivity index (χ2v) is 32.1. The minimum atomic E-state index is -4.51. The molecule has 0 bridgehead atoms. The van der Waals surface area contributed by atoms with Gasteiger partial charge in [-0.2, -0.15) is 13.2 Å². The highest BCUT2D eigenvalue weighted by atomic mass is 35.5. The highest BCUT2D eigenvalue weighted by Gasteiger charge is 2.51. The molecule has 2 aliphatic heterocycles. The van der Waals surface area contributed by atoms with Gasteiger partial charge >= 0.3 is 6.18 Å². The van der Waals surface area contributed by atoms with Crippen LogP contribution in [0.25, 0.3) is 0 Å². The van der Waals surface area contributed by atoms with Gasteiger partial charge < -0.3 is 54.7 Å². The SMILES string of the molecule is CC[C@H](C)C1CC(=O)[C@H](C)N(C)C(=O)C[C@@H](C(=O)N2CCCCC2)N(C)C(=O)[C@H](C(C)C)N(C)C(=O)C2(CCCC2)NC(=O)[C@H](CC2CCCC(C)C2)N(C)C(=O)[C@H](CCC2CCC(C(F)(F)F)C(Cl)C2)NC(=O)CN(C)C(=O)[C@H](CC2CCCCC2)N(C)C(=O)CN(C)C(=O)CN(C)C1=O. The van der Waals surface area contributed by atoms with Crippen LogP contribution in [0.15, 0.2) is 0 Å². The number of hydrogen-bond donors (Lipinski definition) is 2. The quantitative estimate of drug-likeness (QED) is 0.189. The van der Waals surface area contributed by atoms with E-state index in [1.165, 1.54) is 97.6 Å². The molecule has 4 aliphatic carbocycles. The predicted octanol–water partition coefficient (Wildman–Crippen LogP) is 7.68. The van der Waals surface area contributed by atoms with E-state index in [1.807, 2.05) is 13.8 Å². The van der Waals surface area contributed by atoms with E-state index in [4.69, 9.17) is 11.6 Å². The molecule has 6 aliphatic rings. The third-order valence-corrected chi connectivity index (χ3v) is 24.2. The first-order valence-corrected chi connectivity index (χ1v) is 38.1. The molecule has 11 amide bonds. The smallest absolute Gasteiger partial charge is 0.343 e. The number of nitrogens with one attached hydrogen (secondary N) is 2. The van der Waals surface area contributed by atoms with Crippen LogP contribution in [0.5, 0.6) is 0 Å². The van der Waals surface area contributed by atoms with Gasteiger partial charge in [-0.3, -0.25) is 57.5 Å². The first-order chi connectivity index (χ1) is 47.4. The summed E-state index contributed by atoms with van der Waals surface area (Å²) in [5.41, 5.74) is -1.59. The zero-order valence-electron chi connectivity index (χ0n) is 63.0. The number of alkyl halides is 4. The van der Waals surface area contributed by atoms with Crippen molar-refractivity contribution in [2.75, 3.05) is 89.1 Å². The van der Waals surface area contributed by atoms with Gasteiger partial charge in [0.2, 0.25) is 65.0 Å². The average molecular weight is 1450 g/mol. The van der Waals surface area contributed by atoms with E-state index < -0.39 is 168 Å². The molecule has 2 saturated heterocycles. The fourth-order valence-corrected chi connectivity index (χ4v) is 17.2. The molecule has 6 rings (SSSR count). The monoisotopic (exact) mass is 1450 g/mol. The first kappa shape index (κ1) is 83.9. The van der Waals surface area contributed by atoms with E-state index in [9.17, 15) is 51.5 Å². The van der Waals surface area contributed by atoms with Crippen LogP contribution in [-0.2, 0) is 57.5 Å². The number of Topliss-reactive ketones (excluding diaryl/α,β-unsaturated/α-hetero) is 1. The zero-order valence-corrected chi connectivity index (χ0v) is 63.8. The standard InChI is InChI=1S/C74H121ClF3N11O12/c1-15-48(5)53-41-60(90)49(6)84(10)62(92)42-59(70(99)89-35-22-17-23-36-89)87(13)71(100)65(46(2)3)88(14)72(101)73(33-20-21-34-73)80-66(95)57(40-52-28-24-25-47(4)37-52)86(12)68(97)56(32-30-51-29-31-54(55(75)38-51)74(76,77)78)79-61(91)43-82(8)69(98)58(39-50-26-18-16-19-27-50)85(11)64(94)45-81(7)63(93)44-83(9)67(53)96/h46-59,65H,15-45H2,1-14H3,(H,79,91)(H,80,95)/t47?,48-,49-,51?,52?,53?,54?,55?,56-,57-,58-,59-,65-/m0/s1. The number of nitrogens with zero attached hydrogens (tertiary/aromatic N) is 9. The van der Waals surface area contributed by atoms with E-state index in [1.54, 1.807) is 18.7 Å². The lowest BCUT2D eigenvalue weighted by Crippen LogP contribution is -2.65. The summed E-state index contributed by atoms with van der Waals surface area (Å²) in [5.74, 6) is -11.0. The summed E-state index contributed by atoms with van der Waals surface area (Å²) in [7, 11) is 11.5. The van der Waals surface area contributed by atoms with Gasteiger partial charge in [-0.05, 0) is 126 Å². The summed E-state index contributed by atoms with van der Waals surface area (Å²) >= 11 is 6.45. The Morgan fingerprint density at radius 2 is 1.17 bits per heavy atom. The van der Waals surface area contributed by atoms with Gasteiger partial charge in [-0.1, -0.05) is 105 Å². The van der Waals surface area contributed by atoms with Crippen LogP contribution in [0.4, 0.5) is 13.2 Å². The molecule has 4 saturated carbocycles. The number of hydrogen-bond acceptors (Lipinski definition) is 12. The Hall–Kier alpha value is -6.08. The zero-order chi connectivity index (χ0) is 75.1. The lowest BCUT2D eigenvalue weighted by atomic mass is 9.78. The topological polar surface area (TPSA) is 258 Å². The van der Waals surface area contributed by atoms with Crippen molar-refractivity contribution >= 4 is 82.4 Å². The predicted molar refractivity (Wildman–Crippen MR) is 378 cm³/mol. The molecule has 0 aromatic carbocycles. The molecule has 572 valence electrons. The molecule has 0 radical (unpaired) electrons. The van der Waals surface area contributed by atoms with Gasteiger partial charge in [0, 0.05) is 87.2 Å². The maximum Gasteiger partial charge on any atom is 0.393 e. The molecule has 6 fully saturated rings. The lowest BCUT2D eigenvalue weighted by Gasteiger charge is -2.42. The fourth-order valence-electron chi connectivity index (χ4n) is 16.7. The summed E-state index contributed by atoms with van der Waals surface area (Å²) in [5, 5.41) is 4.78. The van der Waals surface area contributed by atoms with Crippen LogP contribution in [0.3, 0.4) is 0 Å². The fraction of sp³-hybridized carbons (Fsp3) is 0.838. The molecule has 2 heterocycles. The normalized spacial score (nSPS) is 30.8. The second-order valence-electron chi connectivity index (χ2n) is 31.6. The van der Waals surface area contributed by atoms with Crippen molar-refractivity contribution in [2.45, 2.75) is 262 Å². The van der Waals surface area contributed by atoms with Crippen molar-refractivity contribution in [1.82, 2.24) is 54.7 Å². The van der Waals surface area contributed by atoms with E-state index in [2.05, 4.69) is 17.6 Å². The Balaban J connectivity index is 1.43. The summed E-state index contributed by atoms with van der Waals surface area (Å²) in [6.45, 7) is 10.00. The number of ketones is 1. The van der Waals surface area contributed by atoms with E-state index in [0.717, 1.165) is 69.1 Å². The summed E-state index contributed by atoms with van der Waals surface area (Å²) in [6.07, 6.45) is 6.84. The molecule has 2 N–H and O–H groups in total.